The summed E-state index contributed by atoms with van der Waals surface area (Å²) in [5.74, 6) is -0.631. The van der Waals surface area contributed by atoms with Crippen LogP contribution in [0.25, 0.3) is 0 Å². The number of hydrogen-bond acceptors (Lipinski definition) is 4. The molecule has 1 atom stereocenters. The van der Waals surface area contributed by atoms with E-state index in [1.54, 1.807) is 0 Å². The number of alkyl halides is 3. The summed E-state index contributed by atoms with van der Waals surface area (Å²) >= 11 is 0. The van der Waals surface area contributed by atoms with Gasteiger partial charge in [-0.15, -0.1) is 0 Å². The van der Waals surface area contributed by atoms with Crippen molar-refractivity contribution in [3.05, 3.63) is 11.7 Å². The Hall–Kier alpha value is -1.11. The standard InChI is InChI=1S/C13H20F3N3O/c1-2-7-17-10(9-5-3-4-6-9)8-11-18-12(19-20-11)13(14,15)16/h9-10,17H,2-8H2,1H3. The van der Waals surface area contributed by atoms with E-state index in [1.165, 1.54) is 12.8 Å². The molecule has 0 aromatic carbocycles. The Morgan fingerprint density at radius 2 is 2.05 bits per heavy atom. The van der Waals surface area contributed by atoms with Crippen LogP contribution in [0.15, 0.2) is 4.52 Å². The average Bonchev–Trinajstić information content (AvgIpc) is 3.04. The van der Waals surface area contributed by atoms with Gasteiger partial charge in [-0.25, -0.2) is 0 Å². The van der Waals surface area contributed by atoms with Gasteiger partial charge in [0.1, 0.15) is 0 Å². The zero-order chi connectivity index (χ0) is 14.6. The minimum absolute atomic E-state index is 0.0674. The van der Waals surface area contributed by atoms with Gasteiger partial charge >= 0.3 is 6.18 Å². The fourth-order valence-corrected chi connectivity index (χ4v) is 2.74. The van der Waals surface area contributed by atoms with Crippen LogP contribution in [0.3, 0.4) is 0 Å². The molecule has 1 fully saturated rings. The molecule has 1 unspecified atom stereocenters. The molecule has 0 radical (unpaired) electrons. The lowest BCUT2D eigenvalue weighted by atomic mass is 9.95. The minimum Gasteiger partial charge on any atom is -0.339 e. The van der Waals surface area contributed by atoms with Gasteiger partial charge in [-0.3, -0.25) is 0 Å². The number of aromatic nitrogens is 2. The first kappa shape index (κ1) is 15.3. The molecule has 1 N–H and O–H groups in total. The summed E-state index contributed by atoms with van der Waals surface area (Å²) in [5.41, 5.74) is 0. The van der Waals surface area contributed by atoms with Crippen LogP contribution in [-0.4, -0.2) is 22.7 Å². The summed E-state index contributed by atoms with van der Waals surface area (Å²) < 4.78 is 42.1. The minimum atomic E-state index is -4.54. The molecular formula is C13H20F3N3O. The van der Waals surface area contributed by atoms with E-state index in [2.05, 4.69) is 22.4 Å². The Kier molecular flexibility index (Phi) is 5.01. The summed E-state index contributed by atoms with van der Waals surface area (Å²) in [6, 6.07) is 0.124. The van der Waals surface area contributed by atoms with Crippen molar-refractivity contribution in [1.82, 2.24) is 15.5 Å². The van der Waals surface area contributed by atoms with E-state index in [1.807, 2.05) is 0 Å². The van der Waals surface area contributed by atoms with Crippen LogP contribution in [0.5, 0.6) is 0 Å². The highest BCUT2D eigenvalue weighted by atomic mass is 19.4. The highest BCUT2D eigenvalue weighted by Gasteiger charge is 2.37. The first-order chi connectivity index (χ1) is 9.50. The van der Waals surface area contributed by atoms with Gasteiger partial charge in [0.2, 0.25) is 5.89 Å². The second-order valence-corrected chi connectivity index (χ2v) is 5.32. The molecule has 114 valence electrons. The van der Waals surface area contributed by atoms with Crippen LogP contribution < -0.4 is 5.32 Å². The van der Waals surface area contributed by atoms with Crippen molar-refractivity contribution in [3.63, 3.8) is 0 Å². The molecule has 1 heterocycles. The number of rotatable bonds is 6. The molecule has 0 saturated heterocycles. The molecule has 1 aromatic heterocycles. The van der Waals surface area contributed by atoms with Crippen molar-refractivity contribution in [1.29, 1.82) is 0 Å². The van der Waals surface area contributed by atoms with E-state index >= 15 is 0 Å². The van der Waals surface area contributed by atoms with Crippen molar-refractivity contribution in [3.8, 4) is 0 Å². The average molecular weight is 291 g/mol. The van der Waals surface area contributed by atoms with Gasteiger partial charge in [-0.2, -0.15) is 18.2 Å². The maximum absolute atomic E-state index is 12.4. The Morgan fingerprint density at radius 3 is 2.60 bits per heavy atom. The van der Waals surface area contributed by atoms with Gasteiger partial charge in [0.15, 0.2) is 0 Å². The molecular weight excluding hydrogens is 271 g/mol. The predicted molar refractivity (Wildman–Crippen MR) is 67.0 cm³/mol. The summed E-state index contributed by atoms with van der Waals surface area (Å²) in [6.45, 7) is 2.91. The molecule has 1 aliphatic rings. The maximum atomic E-state index is 12.4. The topological polar surface area (TPSA) is 51.0 Å². The van der Waals surface area contributed by atoms with Gasteiger partial charge in [0, 0.05) is 12.5 Å². The van der Waals surface area contributed by atoms with E-state index in [9.17, 15) is 13.2 Å². The number of nitrogens with one attached hydrogen (secondary N) is 1. The maximum Gasteiger partial charge on any atom is 0.455 e. The fraction of sp³-hybridized carbons (Fsp3) is 0.846. The molecule has 1 aromatic rings. The predicted octanol–water partition coefficient (Wildman–Crippen LogP) is 3.19. The lowest BCUT2D eigenvalue weighted by molar-refractivity contribution is -0.146. The lowest BCUT2D eigenvalue weighted by Crippen LogP contribution is -2.37. The Balaban J connectivity index is 2.01. The smallest absolute Gasteiger partial charge is 0.339 e. The summed E-state index contributed by atoms with van der Waals surface area (Å²) in [4.78, 5) is 3.46. The Labute approximate surface area is 116 Å². The summed E-state index contributed by atoms with van der Waals surface area (Å²) in [6.07, 6.45) is 1.42. The van der Waals surface area contributed by atoms with Crippen LogP contribution in [0, 0.1) is 5.92 Å². The molecule has 4 nitrogen and oxygen atoms in total. The van der Waals surface area contributed by atoms with Crippen molar-refractivity contribution >= 4 is 0 Å². The normalized spacial score (nSPS) is 18.6. The fourth-order valence-electron chi connectivity index (χ4n) is 2.74. The first-order valence-electron chi connectivity index (χ1n) is 7.14. The number of hydrogen-bond donors (Lipinski definition) is 1. The molecule has 2 rings (SSSR count). The molecule has 0 spiro atoms. The first-order valence-corrected chi connectivity index (χ1v) is 7.14. The highest BCUT2D eigenvalue weighted by Crippen LogP contribution is 2.30. The van der Waals surface area contributed by atoms with E-state index in [-0.39, 0.29) is 11.9 Å². The van der Waals surface area contributed by atoms with Crippen molar-refractivity contribution in [2.75, 3.05) is 6.54 Å². The largest absolute Gasteiger partial charge is 0.455 e. The van der Waals surface area contributed by atoms with Gasteiger partial charge in [0.25, 0.3) is 5.82 Å². The van der Waals surface area contributed by atoms with E-state index in [0.717, 1.165) is 25.8 Å². The molecule has 20 heavy (non-hydrogen) atoms. The van der Waals surface area contributed by atoms with E-state index in [0.29, 0.717) is 12.3 Å². The molecule has 7 heteroatoms. The SMILES string of the molecule is CCCNC(Cc1nc(C(F)(F)F)no1)C1CCCC1. The molecule has 0 bridgehead atoms. The zero-order valence-electron chi connectivity index (χ0n) is 11.5. The van der Waals surface area contributed by atoms with Gasteiger partial charge in [-0.05, 0) is 31.7 Å². The van der Waals surface area contributed by atoms with Crippen LogP contribution in [0.4, 0.5) is 13.2 Å². The summed E-state index contributed by atoms with van der Waals surface area (Å²) in [5, 5.41) is 6.41. The monoisotopic (exact) mass is 291 g/mol. The van der Waals surface area contributed by atoms with Gasteiger partial charge in [0.05, 0.1) is 0 Å². The third kappa shape index (κ3) is 3.94. The third-order valence-electron chi connectivity index (χ3n) is 3.74. The van der Waals surface area contributed by atoms with Crippen LogP contribution in [0.2, 0.25) is 0 Å². The van der Waals surface area contributed by atoms with Gasteiger partial charge in [-0.1, -0.05) is 24.9 Å². The number of halogens is 3. The second kappa shape index (κ2) is 6.56. The highest BCUT2D eigenvalue weighted by molar-refractivity contribution is 4.95. The zero-order valence-corrected chi connectivity index (χ0v) is 11.5. The van der Waals surface area contributed by atoms with Crippen molar-refractivity contribution in [2.24, 2.45) is 5.92 Å². The van der Waals surface area contributed by atoms with Crippen LogP contribution >= 0.6 is 0 Å². The lowest BCUT2D eigenvalue weighted by Gasteiger charge is -2.23. The van der Waals surface area contributed by atoms with Crippen LogP contribution in [0.1, 0.15) is 50.7 Å². The van der Waals surface area contributed by atoms with E-state index in [4.69, 9.17) is 4.52 Å². The quantitative estimate of drug-likeness (QED) is 0.874. The second-order valence-electron chi connectivity index (χ2n) is 5.32. The van der Waals surface area contributed by atoms with Crippen molar-refractivity contribution < 1.29 is 17.7 Å². The Bertz CT molecular complexity index is 413. The van der Waals surface area contributed by atoms with Crippen molar-refractivity contribution in [2.45, 2.75) is 57.7 Å². The third-order valence-corrected chi connectivity index (χ3v) is 3.74. The molecule has 1 saturated carbocycles. The molecule has 0 aliphatic heterocycles. The molecule has 1 aliphatic carbocycles. The van der Waals surface area contributed by atoms with Gasteiger partial charge < -0.3 is 9.84 Å². The van der Waals surface area contributed by atoms with E-state index < -0.39 is 12.0 Å². The summed E-state index contributed by atoms with van der Waals surface area (Å²) in [7, 11) is 0. The molecule has 0 amide bonds. The van der Waals surface area contributed by atoms with Crippen LogP contribution in [-0.2, 0) is 12.6 Å². The number of nitrogens with zero attached hydrogens (tertiary/aromatic N) is 2. The Morgan fingerprint density at radius 1 is 1.35 bits per heavy atom.